The highest BCUT2D eigenvalue weighted by atomic mass is 19.4. The molecule has 7 heteroatoms. The van der Waals surface area contributed by atoms with Gasteiger partial charge in [0.1, 0.15) is 11.3 Å². The van der Waals surface area contributed by atoms with Gasteiger partial charge in [-0.25, -0.2) is 9.78 Å². The molecule has 0 atom stereocenters. The van der Waals surface area contributed by atoms with Crippen molar-refractivity contribution in [2.45, 2.75) is 13.1 Å². The van der Waals surface area contributed by atoms with Gasteiger partial charge in [-0.2, -0.15) is 13.2 Å². The molecule has 0 aliphatic rings. The number of carbonyl (C=O) groups is 1. The Hall–Kier alpha value is -1.79. The van der Waals surface area contributed by atoms with Crippen LogP contribution >= 0.6 is 0 Å². The van der Waals surface area contributed by atoms with Crippen molar-refractivity contribution in [3.63, 3.8) is 0 Å². The predicted molar refractivity (Wildman–Crippen MR) is 47.4 cm³/mol. The van der Waals surface area contributed by atoms with Gasteiger partial charge < -0.3 is 9.84 Å². The van der Waals surface area contributed by atoms with E-state index in [1.54, 1.807) is 0 Å². The van der Waals surface area contributed by atoms with Crippen LogP contribution in [0.4, 0.5) is 13.2 Å². The molecule has 1 rings (SSSR count). The molecule has 0 amide bonds. The number of alkyl halides is 3. The molecule has 1 N–H and O–H groups in total. The second-order valence-corrected chi connectivity index (χ2v) is 2.79. The Kier molecular flexibility index (Phi) is 3.36. The molecule has 0 saturated heterocycles. The van der Waals surface area contributed by atoms with Crippen LogP contribution in [0.2, 0.25) is 0 Å². The molecule has 16 heavy (non-hydrogen) atoms. The topological polar surface area (TPSA) is 59.4 Å². The Balaban J connectivity index is 3.22. The van der Waals surface area contributed by atoms with Crippen molar-refractivity contribution in [2.75, 3.05) is 6.61 Å². The highest BCUT2D eigenvalue weighted by Crippen LogP contribution is 2.30. The third-order valence-electron chi connectivity index (χ3n) is 1.66. The second kappa shape index (κ2) is 4.38. The zero-order chi connectivity index (χ0) is 12.3. The van der Waals surface area contributed by atoms with Crippen molar-refractivity contribution in [3.8, 4) is 5.88 Å². The van der Waals surface area contributed by atoms with Gasteiger partial charge in [-0.05, 0) is 19.1 Å². The molecule has 0 unspecified atom stereocenters. The number of hydrogen-bond acceptors (Lipinski definition) is 3. The van der Waals surface area contributed by atoms with Gasteiger partial charge in [-0.1, -0.05) is 0 Å². The van der Waals surface area contributed by atoms with Crippen LogP contribution in [-0.4, -0.2) is 22.7 Å². The average Bonchev–Trinajstić information content (AvgIpc) is 2.16. The largest absolute Gasteiger partial charge is 0.477 e. The van der Waals surface area contributed by atoms with Gasteiger partial charge in [0.15, 0.2) is 0 Å². The van der Waals surface area contributed by atoms with Gasteiger partial charge in [0.05, 0.1) is 6.61 Å². The normalized spacial score (nSPS) is 11.2. The Morgan fingerprint density at radius 2 is 2.12 bits per heavy atom. The number of carboxylic acid groups (broad SMARTS) is 1. The fourth-order valence-electron chi connectivity index (χ4n) is 1.01. The van der Waals surface area contributed by atoms with Crippen LogP contribution in [0, 0.1) is 0 Å². The van der Waals surface area contributed by atoms with Crippen LogP contribution in [0.25, 0.3) is 0 Å². The lowest BCUT2D eigenvalue weighted by Crippen LogP contribution is -2.12. The van der Waals surface area contributed by atoms with E-state index in [0.29, 0.717) is 6.07 Å². The Labute approximate surface area is 88.7 Å². The molecule has 88 valence electrons. The van der Waals surface area contributed by atoms with Crippen LogP contribution < -0.4 is 4.74 Å². The van der Waals surface area contributed by atoms with E-state index in [1.165, 1.54) is 6.92 Å². The van der Waals surface area contributed by atoms with Crippen LogP contribution in [0.15, 0.2) is 12.1 Å². The van der Waals surface area contributed by atoms with Crippen molar-refractivity contribution in [3.05, 3.63) is 23.4 Å². The third kappa shape index (κ3) is 2.62. The van der Waals surface area contributed by atoms with E-state index < -0.39 is 29.3 Å². The van der Waals surface area contributed by atoms with E-state index in [2.05, 4.69) is 4.98 Å². The van der Waals surface area contributed by atoms with E-state index in [1.807, 2.05) is 0 Å². The number of carboxylic acids is 1. The number of hydrogen-bond donors (Lipinski definition) is 1. The van der Waals surface area contributed by atoms with E-state index in [0.717, 1.165) is 6.07 Å². The lowest BCUT2D eigenvalue weighted by Gasteiger charge is -2.10. The van der Waals surface area contributed by atoms with Gasteiger partial charge in [0.2, 0.25) is 5.88 Å². The maximum Gasteiger partial charge on any atom is 0.433 e. The van der Waals surface area contributed by atoms with Crippen molar-refractivity contribution >= 4 is 5.97 Å². The first-order valence-corrected chi connectivity index (χ1v) is 4.30. The summed E-state index contributed by atoms with van der Waals surface area (Å²) in [6, 6.07) is 1.43. The highest BCUT2D eigenvalue weighted by Gasteiger charge is 2.33. The van der Waals surface area contributed by atoms with Gasteiger partial charge >= 0.3 is 12.1 Å². The first kappa shape index (κ1) is 12.3. The van der Waals surface area contributed by atoms with Crippen LogP contribution in [0.1, 0.15) is 23.0 Å². The molecule has 1 heterocycles. The second-order valence-electron chi connectivity index (χ2n) is 2.79. The molecule has 1 aromatic rings. The van der Waals surface area contributed by atoms with Gasteiger partial charge in [0.25, 0.3) is 0 Å². The molecule has 0 aliphatic carbocycles. The van der Waals surface area contributed by atoms with Gasteiger partial charge in [-0.15, -0.1) is 0 Å². The minimum atomic E-state index is -4.62. The van der Waals surface area contributed by atoms with Crippen LogP contribution in [0.3, 0.4) is 0 Å². The summed E-state index contributed by atoms with van der Waals surface area (Å²) in [6.45, 7) is 1.56. The summed E-state index contributed by atoms with van der Waals surface area (Å²) in [5, 5.41) is 8.68. The van der Waals surface area contributed by atoms with Crippen molar-refractivity contribution in [2.24, 2.45) is 0 Å². The smallest absolute Gasteiger partial charge is 0.433 e. The zero-order valence-electron chi connectivity index (χ0n) is 8.21. The molecule has 4 nitrogen and oxygen atoms in total. The zero-order valence-corrected chi connectivity index (χ0v) is 8.21. The van der Waals surface area contributed by atoms with Crippen molar-refractivity contribution in [1.29, 1.82) is 0 Å². The fourth-order valence-corrected chi connectivity index (χ4v) is 1.01. The number of rotatable bonds is 3. The summed E-state index contributed by atoms with van der Waals surface area (Å²) < 4.78 is 41.6. The molecule has 0 spiro atoms. The minimum absolute atomic E-state index is 0.0363. The summed E-state index contributed by atoms with van der Waals surface area (Å²) in [5.41, 5.74) is -1.57. The number of aromatic nitrogens is 1. The third-order valence-corrected chi connectivity index (χ3v) is 1.66. The minimum Gasteiger partial charge on any atom is -0.477 e. The summed E-state index contributed by atoms with van der Waals surface area (Å²) in [7, 11) is 0. The molecule has 0 fully saturated rings. The van der Waals surface area contributed by atoms with E-state index in [9.17, 15) is 18.0 Å². The first-order valence-electron chi connectivity index (χ1n) is 4.30. The van der Waals surface area contributed by atoms with E-state index >= 15 is 0 Å². The number of pyridine rings is 1. The number of aromatic carboxylic acids is 1. The van der Waals surface area contributed by atoms with Crippen molar-refractivity contribution < 1.29 is 27.8 Å². The van der Waals surface area contributed by atoms with Crippen LogP contribution in [0.5, 0.6) is 5.88 Å². The standard InChI is InChI=1S/C9H8F3NO3/c1-2-16-7-5(8(14)15)3-4-6(13-7)9(10,11)12/h3-4H,2H2,1H3,(H,14,15). The quantitative estimate of drug-likeness (QED) is 0.872. The van der Waals surface area contributed by atoms with Crippen LogP contribution in [-0.2, 0) is 6.18 Å². The van der Waals surface area contributed by atoms with Crippen molar-refractivity contribution in [1.82, 2.24) is 4.98 Å². The Bertz CT molecular complexity index is 403. The number of nitrogens with zero attached hydrogens (tertiary/aromatic N) is 1. The first-order chi connectivity index (χ1) is 7.36. The fraction of sp³-hybridized carbons (Fsp3) is 0.333. The number of halogens is 3. The molecular weight excluding hydrogens is 227 g/mol. The van der Waals surface area contributed by atoms with Gasteiger partial charge in [-0.3, -0.25) is 0 Å². The molecule has 0 saturated carbocycles. The Morgan fingerprint density at radius 1 is 1.50 bits per heavy atom. The summed E-state index contributed by atoms with van der Waals surface area (Å²) in [6.07, 6.45) is -4.62. The summed E-state index contributed by atoms with van der Waals surface area (Å²) >= 11 is 0. The molecule has 0 radical (unpaired) electrons. The average molecular weight is 235 g/mol. The highest BCUT2D eigenvalue weighted by molar-refractivity contribution is 5.90. The number of ether oxygens (including phenoxy) is 1. The molecule has 0 aliphatic heterocycles. The summed E-state index contributed by atoms with van der Waals surface area (Å²) in [4.78, 5) is 13.8. The van der Waals surface area contributed by atoms with Gasteiger partial charge in [0, 0.05) is 0 Å². The molecular formula is C9H8F3NO3. The van der Waals surface area contributed by atoms with E-state index in [4.69, 9.17) is 9.84 Å². The lowest BCUT2D eigenvalue weighted by atomic mass is 10.2. The summed E-state index contributed by atoms with van der Waals surface area (Å²) in [5.74, 6) is -1.91. The predicted octanol–water partition coefficient (Wildman–Crippen LogP) is 2.20. The monoisotopic (exact) mass is 235 g/mol. The molecule has 0 bridgehead atoms. The molecule has 1 aromatic heterocycles. The SMILES string of the molecule is CCOc1nc(C(F)(F)F)ccc1C(=O)O. The molecule has 0 aromatic carbocycles. The Morgan fingerprint density at radius 3 is 2.56 bits per heavy atom. The van der Waals surface area contributed by atoms with E-state index in [-0.39, 0.29) is 6.61 Å². The lowest BCUT2D eigenvalue weighted by molar-refractivity contribution is -0.141. The maximum absolute atomic E-state index is 12.3. The maximum atomic E-state index is 12.3.